The molecular weight excluding hydrogens is 526 g/mol. The van der Waals surface area contributed by atoms with E-state index in [9.17, 15) is 28.5 Å². The smallest absolute Gasteiger partial charge is 0.328 e. The van der Waals surface area contributed by atoms with E-state index >= 15 is 0 Å². The summed E-state index contributed by atoms with van der Waals surface area (Å²) in [6.45, 7) is 5.02. The average Bonchev–Trinajstić information content (AvgIpc) is 3.46. The van der Waals surface area contributed by atoms with Crippen LogP contribution in [0.4, 0.5) is 8.78 Å². The van der Waals surface area contributed by atoms with Gasteiger partial charge in [0.2, 0.25) is 6.41 Å². The van der Waals surface area contributed by atoms with Crippen molar-refractivity contribution in [1.82, 2.24) is 5.32 Å². The number of carbonyl (C=O) groups excluding carboxylic acids is 2. The molecule has 0 bridgehead atoms. The van der Waals surface area contributed by atoms with E-state index in [1.807, 2.05) is 6.07 Å². The molecule has 9 nitrogen and oxygen atoms in total. The van der Waals surface area contributed by atoms with Gasteiger partial charge in [-0.1, -0.05) is 69.0 Å². The number of ether oxygens (including phenoxy) is 2. The minimum Gasteiger partial charge on any atom is -0.487 e. The second-order valence-corrected chi connectivity index (χ2v) is 9.06. The summed E-state index contributed by atoms with van der Waals surface area (Å²) in [5.74, 6) is -2.68. The van der Waals surface area contributed by atoms with Crippen LogP contribution in [-0.4, -0.2) is 49.3 Å². The molecule has 1 aromatic carbocycles. The summed E-state index contributed by atoms with van der Waals surface area (Å²) in [4.78, 5) is 34.7. The van der Waals surface area contributed by atoms with E-state index in [1.54, 1.807) is 30.3 Å². The van der Waals surface area contributed by atoms with Crippen molar-refractivity contribution in [3.63, 3.8) is 0 Å². The zero-order valence-corrected chi connectivity index (χ0v) is 23.8. The molecule has 1 atom stereocenters. The van der Waals surface area contributed by atoms with Gasteiger partial charge >= 0.3 is 5.97 Å². The van der Waals surface area contributed by atoms with Crippen molar-refractivity contribution in [2.24, 2.45) is 5.92 Å². The summed E-state index contributed by atoms with van der Waals surface area (Å²) in [7, 11) is 0. The van der Waals surface area contributed by atoms with E-state index in [4.69, 9.17) is 4.74 Å². The monoisotopic (exact) mass is 570 g/mol. The molecular formula is C29H44F2N2O7. The minimum absolute atomic E-state index is 0.0115. The number of esters is 1. The van der Waals surface area contributed by atoms with E-state index in [-0.39, 0.29) is 19.6 Å². The predicted molar refractivity (Wildman–Crippen MR) is 150 cm³/mol. The van der Waals surface area contributed by atoms with Crippen LogP contribution in [0.1, 0.15) is 72.1 Å². The topological polar surface area (TPSA) is 117 Å². The Balaban J connectivity index is 0.000000626. The van der Waals surface area contributed by atoms with Crippen LogP contribution in [0.2, 0.25) is 0 Å². The van der Waals surface area contributed by atoms with Crippen LogP contribution < -0.4 is 10.1 Å². The number of hydrogen-bond donors (Lipinski definition) is 1. The highest BCUT2D eigenvalue weighted by atomic mass is 19.3. The van der Waals surface area contributed by atoms with Gasteiger partial charge < -0.3 is 19.6 Å². The Hall–Kier alpha value is -3.50. The maximum absolute atomic E-state index is 13.6. The van der Waals surface area contributed by atoms with Gasteiger partial charge in [0.25, 0.3) is 11.0 Å². The van der Waals surface area contributed by atoms with Crippen LogP contribution in [0.3, 0.4) is 0 Å². The summed E-state index contributed by atoms with van der Waals surface area (Å²) in [5.41, 5.74) is 0. The first-order chi connectivity index (χ1) is 19.1. The molecule has 0 aliphatic heterocycles. The third-order valence-corrected chi connectivity index (χ3v) is 5.55. The van der Waals surface area contributed by atoms with Gasteiger partial charge in [-0.15, -0.1) is 10.1 Å². The molecule has 1 unspecified atom stereocenters. The van der Waals surface area contributed by atoms with Crippen molar-refractivity contribution in [3.05, 3.63) is 64.8 Å². The van der Waals surface area contributed by atoms with Crippen molar-refractivity contribution in [3.8, 4) is 5.75 Å². The number of rotatable bonds is 16. The lowest BCUT2D eigenvalue weighted by molar-refractivity contribution is -0.757. The Morgan fingerprint density at radius 3 is 2.45 bits per heavy atom. The molecule has 0 radical (unpaired) electrons. The lowest BCUT2D eigenvalue weighted by Gasteiger charge is -2.14. The molecule has 0 spiro atoms. The molecule has 1 aliphatic rings. The van der Waals surface area contributed by atoms with Gasteiger partial charge in [-0.2, -0.15) is 8.78 Å². The van der Waals surface area contributed by atoms with Crippen molar-refractivity contribution >= 4 is 12.4 Å². The van der Waals surface area contributed by atoms with Crippen molar-refractivity contribution < 1.29 is 37.8 Å². The zero-order chi connectivity index (χ0) is 30.1. The summed E-state index contributed by atoms with van der Waals surface area (Å²) < 4.78 is 36.9. The van der Waals surface area contributed by atoms with E-state index in [0.29, 0.717) is 18.1 Å². The summed E-state index contributed by atoms with van der Waals surface area (Å²) in [5, 5.41) is 11.0. The maximum atomic E-state index is 13.6. The summed E-state index contributed by atoms with van der Waals surface area (Å²) in [6, 6.07) is 7.99. The number of carbonyl (C=O) groups is 2. The van der Waals surface area contributed by atoms with E-state index in [2.05, 4.69) is 40.9 Å². The molecule has 1 amide bonds. The van der Waals surface area contributed by atoms with Gasteiger partial charge in [-0.25, -0.2) is 4.79 Å². The molecule has 1 aliphatic carbocycles. The number of halogens is 2. The van der Waals surface area contributed by atoms with Gasteiger partial charge in [0, 0.05) is 6.42 Å². The third kappa shape index (κ3) is 21.4. The first kappa shape index (κ1) is 36.5. The van der Waals surface area contributed by atoms with Crippen LogP contribution >= 0.6 is 0 Å². The molecule has 1 N–H and O–H groups in total. The number of unbranched alkanes of at least 4 members (excludes halogenated alkanes) is 2. The van der Waals surface area contributed by atoms with Gasteiger partial charge in [-0.05, 0) is 57.2 Å². The molecule has 40 heavy (non-hydrogen) atoms. The standard InChI is InChI=1S/C15H18F2O.C7H12N2O6.C7H14/c16-15(17,11-10-13-6-4-5-7-13)12-18-14-8-2-1-3-9-14;1-6(8-5-10)7(11)14-3-2-4-15-9(12)13;1-3-5-7-6-4-2/h1-3,8-11,13H,4-7,12H2;5-6H,2-4H2,1H3,(H,8,10);3,5H,4,6-7H2,1-2H3/b11-10+;;. The normalized spacial score (nSPS) is 13.9. The second-order valence-electron chi connectivity index (χ2n) is 9.06. The third-order valence-electron chi connectivity index (χ3n) is 5.55. The molecule has 1 fully saturated rings. The molecule has 2 rings (SSSR count). The van der Waals surface area contributed by atoms with Gasteiger partial charge in [0.1, 0.15) is 11.8 Å². The van der Waals surface area contributed by atoms with Crippen molar-refractivity contribution in [2.45, 2.75) is 84.1 Å². The highest BCUT2D eigenvalue weighted by molar-refractivity contribution is 5.77. The van der Waals surface area contributed by atoms with Gasteiger partial charge in [-0.3, -0.25) is 4.79 Å². The quantitative estimate of drug-likeness (QED) is 0.0605. The highest BCUT2D eigenvalue weighted by Gasteiger charge is 2.27. The van der Waals surface area contributed by atoms with E-state index in [1.165, 1.54) is 26.2 Å². The van der Waals surface area contributed by atoms with Crippen LogP contribution in [0.5, 0.6) is 5.75 Å². The van der Waals surface area contributed by atoms with Crippen molar-refractivity contribution in [2.75, 3.05) is 19.8 Å². The summed E-state index contributed by atoms with van der Waals surface area (Å²) >= 11 is 0. The number of allylic oxidation sites excluding steroid dienone is 3. The molecule has 0 aromatic heterocycles. The highest BCUT2D eigenvalue weighted by Crippen LogP contribution is 2.27. The Bertz CT molecular complexity index is 861. The number of para-hydroxylation sites is 1. The molecule has 11 heteroatoms. The fourth-order valence-corrected chi connectivity index (χ4v) is 3.33. The lowest BCUT2D eigenvalue weighted by Crippen LogP contribution is -2.34. The van der Waals surface area contributed by atoms with Crippen LogP contribution in [0.15, 0.2) is 54.6 Å². The zero-order valence-electron chi connectivity index (χ0n) is 23.8. The molecule has 1 saturated carbocycles. The van der Waals surface area contributed by atoms with E-state index in [0.717, 1.165) is 31.8 Å². The molecule has 0 saturated heterocycles. The number of amides is 1. The first-order valence-corrected chi connectivity index (χ1v) is 13.6. The number of nitrogens with one attached hydrogen (secondary N) is 1. The van der Waals surface area contributed by atoms with Crippen LogP contribution in [-0.2, 0) is 19.2 Å². The number of nitrogens with zero attached hydrogens (tertiary/aromatic N) is 1. The minimum atomic E-state index is -2.89. The van der Waals surface area contributed by atoms with Crippen LogP contribution in [0, 0.1) is 16.0 Å². The Morgan fingerprint density at radius 1 is 1.20 bits per heavy atom. The number of alkyl halides is 2. The summed E-state index contributed by atoms with van der Waals surface area (Å²) in [6.07, 6.45) is 15.9. The Kier molecular flexibility index (Phi) is 21.3. The Morgan fingerprint density at radius 2 is 1.88 bits per heavy atom. The molecule has 226 valence electrons. The maximum Gasteiger partial charge on any atom is 0.328 e. The van der Waals surface area contributed by atoms with E-state index < -0.39 is 29.6 Å². The number of hydrogen-bond acceptors (Lipinski definition) is 7. The SMILES string of the molecule is CC(NC=O)C(=O)OCCCO[N+](=O)[O-].CC=CCCCC.FC(F)(/C=C/C1CCCC1)COc1ccccc1. The fourth-order valence-electron chi connectivity index (χ4n) is 3.33. The predicted octanol–water partition coefficient (Wildman–Crippen LogP) is 6.46. The molecule has 1 aromatic rings. The van der Waals surface area contributed by atoms with Gasteiger partial charge in [0.05, 0.1) is 13.2 Å². The second kappa shape index (κ2) is 23.4. The van der Waals surface area contributed by atoms with Crippen LogP contribution in [0.25, 0.3) is 0 Å². The molecule has 0 heterocycles. The lowest BCUT2D eigenvalue weighted by atomic mass is 10.1. The van der Waals surface area contributed by atoms with Gasteiger partial charge in [0.15, 0.2) is 6.61 Å². The first-order valence-electron chi connectivity index (χ1n) is 13.6. The largest absolute Gasteiger partial charge is 0.487 e. The van der Waals surface area contributed by atoms with Crippen molar-refractivity contribution in [1.29, 1.82) is 0 Å². The average molecular weight is 571 g/mol. The Labute approximate surface area is 236 Å². The fraction of sp³-hybridized carbons (Fsp3) is 0.586. The number of benzene rings is 1.